The molecule has 2 rings (SSSR count). The van der Waals surface area contributed by atoms with Crippen LogP contribution in [0.2, 0.25) is 0 Å². The van der Waals surface area contributed by atoms with E-state index in [1.807, 2.05) is 24.3 Å². The number of ether oxygens (including phenoxy) is 6. The second kappa shape index (κ2) is 23.9. The van der Waals surface area contributed by atoms with Gasteiger partial charge in [-0.3, -0.25) is 19.2 Å². The molecule has 0 aromatic heterocycles. The van der Waals surface area contributed by atoms with E-state index in [1.54, 1.807) is 50.2 Å². The summed E-state index contributed by atoms with van der Waals surface area (Å²) in [7, 11) is 1.49. The first kappa shape index (κ1) is 42.6. The number of ketones is 1. The van der Waals surface area contributed by atoms with Crippen LogP contribution in [0.15, 0.2) is 54.6 Å². The fourth-order valence-corrected chi connectivity index (χ4v) is 4.15. The zero-order valence-electron chi connectivity index (χ0n) is 27.0. The van der Waals surface area contributed by atoms with Crippen molar-refractivity contribution < 1.29 is 49.0 Å². The van der Waals surface area contributed by atoms with Crippen molar-refractivity contribution in [1.82, 2.24) is 0 Å². The SMILES string of the molecule is C.CCC(CC(=O)OC(CCOc1ccc(C#N)cc1)CC(=O)OC(CCOc1ccccc1)CC(C)=O)OC(=O)CC(C)OC.[2HH].[B]. The van der Waals surface area contributed by atoms with Crippen LogP contribution in [0.1, 0.15) is 80.1 Å². The lowest BCUT2D eigenvalue weighted by Gasteiger charge is -2.22. The third-order valence-corrected chi connectivity index (χ3v) is 6.65. The Bertz CT molecular complexity index is 1260. The van der Waals surface area contributed by atoms with Crippen molar-refractivity contribution in [3.05, 3.63) is 60.2 Å². The number of nitrogens with zero attached hydrogens (tertiary/aromatic N) is 1. The Morgan fingerprint density at radius 1 is 0.745 bits per heavy atom. The first-order valence-corrected chi connectivity index (χ1v) is 15.0. The Kier molecular flexibility index (Phi) is 21.7. The lowest BCUT2D eigenvalue weighted by Crippen LogP contribution is -2.30. The van der Waals surface area contributed by atoms with Crippen molar-refractivity contribution in [2.75, 3.05) is 20.3 Å². The number of para-hydroxylation sites is 1. The molecule has 0 N–H and O–H groups in total. The Morgan fingerprint density at radius 3 is 1.70 bits per heavy atom. The normalized spacial score (nSPS) is 12.7. The fraction of sp³-hybridized carbons (Fsp3) is 0.514. The number of carbonyl (C=O) groups excluding carboxylic acids is 4. The van der Waals surface area contributed by atoms with Gasteiger partial charge in [-0.25, -0.2) is 0 Å². The van der Waals surface area contributed by atoms with Gasteiger partial charge in [-0.2, -0.15) is 5.26 Å². The van der Waals surface area contributed by atoms with E-state index in [-0.39, 0.29) is 80.9 Å². The Hall–Kier alpha value is -4.37. The van der Waals surface area contributed by atoms with Gasteiger partial charge in [0.15, 0.2) is 0 Å². The predicted octanol–water partition coefficient (Wildman–Crippen LogP) is 5.63. The maximum absolute atomic E-state index is 13.0. The van der Waals surface area contributed by atoms with Gasteiger partial charge in [0.2, 0.25) is 0 Å². The molecule has 257 valence electrons. The molecule has 0 aliphatic carbocycles. The van der Waals surface area contributed by atoms with Crippen molar-refractivity contribution in [2.45, 2.75) is 97.6 Å². The molecule has 2 aromatic carbocycles. The first-order chi connectivity index (χ1) is 21.6. The number of hydrogen-bond acceptors (Lipinski definition) is 11. The minimum absolute atomic E-state index is 0. The van der Waals surface area contributed by atoms with Crippen molar-refractivity contribution in [3.8, 4) is 17.6 Å². The number of hydrogen-bond donors (Lipinski definition) is 0. The highest BCUT2D eigenvalue weighted by molar-refractivity contribution is 5.77. The minimum atomic E-state index is -0.913. The quantitative estimate of drug-likeness (QED) is 0.0937. The van der Waals surface area contributed by atoms with Crippen LogP contribution in [-0.2, 0) is 38.1 Å². The lowest BCUT2D eigenvalue weighted by molar-refractivity contribution is -0.162. The van der Waals surface area contributed by atoms with Crippen molar-refractivity contribution in [1.29, 1.82) is 5.26 Å². The second-order valence-electron chi connectivity index (χ2n) is 10.5. The largest absolute Gasteiger partial charge is 0.493 e. The zero-order chi connectivity index (χ0) is 33.0. The van der Waals surface area contributed by atoms with Crippen LogP contribution in [0, 0.1) is 11.3 Å². The van der Waals surface area contributed by atoms with Crippen molar-refractivity contribution in [3.63, 3.8) is 0 Å². The third-order valence-electron chi connectivity index (χ3n) is 6.65. The number of nitriles is 1. The average molecular weight is 656 g/mol. The first-order valence-electron chi connectivity index (χ1n) is 15.0. The zero-order valence-corrected chi connectivity index (χ0v) is 27.0. The molecule has 4 unspecified atom stereocenters. The molecule has 47 heavy (non-hydrogen) atoms. The molecule has 0 aliphatic rings. The molecule has 0 heterocycles. The standard InChI is InChI=1S/C34H43NO10.CH4.B.H2/c1-5-27(43-32(37)20-25(3)40-4)21-33(38)45-31(16-18-42-29-13-11-26(23-35)12-14-29)22-34(39)44-30(19-24(2)36)15-17-41-28-9-7-6-8-10-28;;;/h6-14,25,27,30-31H,5,15-22H2,1-4H3;1H4;;1H/i;;;1+1. The maximum Gasteiger partial charge on any atom is 0.309 e. The Labute approximate surface area is 281 Å². The number of benzene rings is 2. The van der Waals surface area contributed by atoms with Gasteiger partial charge in [0.1, 0.15) is 35.6 Å². The maximum atomic E-state index is 13.0. The summed E-state index contributed by atoms with van der Waals surface area (Å²) >= 11 is 0. The summed E-state index contributed by atoms with van der Waals surface area (Å²) in [5.74, 6) is -0.779. The average Bonchev–Trinajstić information content (AvgIpc) is 3.00. The van der Waals surface area contributed by atoms with Gasteiger partial charge in [-0.15, -0.1) is 0 Å². The van der Waals surface area contributed by atoms with Crippen LogP contribution >= 0.6 is 0 Å². The minimum Gasteiger partial charge on any atom is -0.493 e. The van der Waals surface area contributed by atoms with Gasteiger partial charge >= 0.3 is 17.9 Å². The summed E-state index contributed by atoms with van der Waals surface area (Å²) in [6, 6.07) is 17.7. The fourth-order valence-electron chi connectivity index (χ4n) is 4.15. The molecule has 0 saturated heterocycles. The van der Waals surface area contributed by atoms with E-state index >= 15 is 0 Å². The lowest BCUT2D eigenvalue weighted by atomic mass is 10.1. The number of Topliss-reactive ketones (excluding diaryl/α,β-unsaturated/α-hetero) is 1. The molecule has 3 radical (unpaired) electrons. The van der Waals surface area contributed by atoms with Crippen LogP contribution in [-0.4, -0.2) is 76.8 Å². The molecule has 11 nitrogen and oxygen atoms in total. The molecular formula is C35H49BNO10. The number of rotatable bonds is 21. The van der Waals surface area contributed by atoms with Gasteiger partial charge < -0.3 is 28.4 Å². The summed E-state index contributed by atoms with van der Waals surface area (Å²) < 4.78 is 33.2. The van der Waals surface area contributed by atoms with E-state index in [0.717, 1.165) is 0 Å². The molecule has 4 atom stereocenters. The summed E-state index contributed by atoms with van der Waals surface area (Å²) in [4.78, 5) is 49.9. The Balaban J connectivity index is 0. The van der Waals surface area contributed by atoms with E-state index in [1.165, 1.54) is 14.0 Å². The molecule has 2 aromatic rings. The predicted molar refractivity (Wildman–Crippen MR) is 178 cm³/mol. The van der Waals surface area contributed by atoms with Gasteiger partial charge in [-0.05, 0) is 56.7 Å². The van der Waals surface area contributed by atoms with Gasteiger partial charge in [-0.1, -0.05) is 32.5 Å². The van der Waals surface area contributed by atoms with Crippen LogP contribution in [0.5, 0.6) is 11.5 Å². The van der Waals surface area contributed by atoms with Crippen molar-refractivity contribution in [2.24, 2.45) is 0 Å². The molecule has 0 aliphatic heterocycles. The van der Waals surface area contributed by atoms with E-state index in [0.29, 0.717) is 23.5 Å². The molecule has 0 fully saturated rings. The highest BCUT2D eigenvalue weighted by Gasteiger charge is 2.26. The summed E-state index contributed by atoms with van der Waals surface area (Å²) in [5, 5.41) is 8.99. The highest BCUT2D eigenvalue weighted by Crippen LogP contribution is 2.17. The molecule has 0 saturated carbocycles. The molecule has 12 heteroatoms. The van der Waals surface area contributed by atoms with E-state index in [4.69, 9.17) is 33.7 Å². The topological polar surface area (TPSA) is 147 Å². The van der Waals surface area contributed by atoms with Crippen LogP contribution in [0.4, 0.5) is 0 Å². The van der Waals surface area contributed by atoms with E-state index < -0.39 is 36.2 Å². The second-order valence-corrected chi connectivity index (χ2v) is 10.5. The third kappa shape index (κ3) is 18.4. The number of esters is 3. The molecule has 0 amide bonds. The van der Waals surface area contributed by atoms with Gasteiger partial charge in [0.25, 0.3) is 0 Å². The van der Waals surface area contributed by atoms with E-state index in [2.05, 4.69) is 0 Å². The smallest absolute Gasteiger partial charge is 0.309 e. The van der Waals surface area contributed by atoms with Crippen LogP contribution < -0.4 is 9.47 Å². The summed E-state index contributed by atoms with van der Waals surface area (Å²) in [5.41, 5.74) is 0.481. The number of methoxy groups -OCH3 is 1. The molecule has 0 spiro atoms. The molecule has 0 bridgehead atoms. The highest BCUT2D eigenvalue weighted by atomic mass is 16.6. The van der Waals surface area contributed by atoms with Crippen LogP contribution in [0.3, 0.4) is 0 Å². The van der Waals surface area contributed by atoms with Gasteiger partial charge in [0.05, 0.1) is 50.2 Å². The van der Waals surface area contributed by atoms with Crippen molar-refractivity contribution >= 4 is 32.1 Å². The molecular weight excluding hydrogens is 605 g/mol. The van der Waals surface area contributed by atoms with E-state index in [9.17, 15) is 19.2 Å². The summed E-state index contributed by atoms with van der Waals surface area (Å²) in [6.45, 7) is 5.25. The Morgan fingerprint density at radius 2 is 1.21 bits per heavy atom. The monoisotopic (exact) mass is 655 g/mol. The van der Waals surface area contributed by atoms with Gasteiger partial charge in [0, 0.05) is 36.2 Å². The number of carbonyl (C=O) groups is 4. The summed E-state index contributed by atoms with van der Waals surface area (Å²) in [6.07, 6.45) is -2.27. The van der Waals surface area contributed by atoms with Crippen LogP contribution in [0.25, 0.3) is 0 Å².